The molecule has 2 aromatic carbocycles. The molecule has 0 aliphatic rings. The van der Waals surface area contributed by atoms with Crippen LogP contribution in [0.3, 0.4) is 0 Å². The fourth-order valence-corrected chi connectivity index (χ4v) is 6.36. The molecular weight excluding hydrogens is 487 g/mol. The van der Waals surface area contributed by atoms with Gasteiger partial charge in [0.25, 0.3) is 0 Å². The zero-order chi connectivity index (χ0) is 27.6. The number of rotatable bonds is 14. The van der Waals surface area contributed by atoms with Crippen molar-refractivity contribution in [1.29, 1.82) is 0 Å². The molecule has 0 saturated heterocycles. The Morgan fingerprint density at radius 1 is 0.865 bits per heavy atom. The van der Waals surface area contributed by atoms with E-state index in [-0.39, 0.29) is 30.1 Å². The largest absolute Gasteiger partial charge is 0.497 e. The molecule has 3 atom stereocenters. The molecule has 0 saturated carbocycles. The van der Waals surface area contributed by atoms with Gasteiger partial charge in [0.15, 0.2) is 0 Å². The molecule has 2 aromatic rings. The van der Waals surface area contributed by atoms with E-state index in [1.807, 2.05) is 50.2 Å². The maximum atomic E-state index is 13.3. The van der Waals surface area contributed by atoms with Crippen LogP contribution in [0.5, 0.6) is 5.75 Å². The van der Waals surface area contributed by atoms with E-state index >= 15 is 0 Å². The number of benzene rings is 2. The lowest BCUT2D eigenvalue weighted by Gasteiger charge is -2.25. The van der Waals surface area contributed by atoms with E-state index in [0.29, 0.717) is 24.5 Å². The maximum Gasteiger partial charge on any atom is 0.242 e. The van der Waals surface area contributed by atoms with Crippen molar-refractivity contribution in [3.05, 3.63) is 65.2 Å². The minimum Gasteiger partial charge on any atom is -0.497 e. The Morgan fingerprint density at radius 3 is 1.92 bits per heavy atom. The minimum absolute atomic E-state index is 0.0154. The van der Waals surface area contributed by atoms with Crippen LogP contribution in [0.15, 0.2) is 48.5 Å². The quantitative estimate of drug-likeness (QED) is 0.305. The van der Waals surface area contributed by atoms with E-state index < -0.39 is 19.3 Å². The van der Waals surface area contributed by atoms with Crippen LogP contribution in [-0.4, -0.2) is 43.1 Å². The van der Waals surface area contributed by atoms with Crippen LogP contribution < -0.4 is 15.4 Å². The summed E-state index contributed by atoms with van der Waals surface area (Å²) in [5.41, 5.74) is 2.84. The van der Waals surface area contributed by atoms with E-state index in [1.54, 1.807) is 19.2 Å². The van der Waals surface area contributed by atoms with E-state index in [0.717, 1.165) is 17.5 Å². The SMILES string of the molecule is CNC(=O)[C@@H](Cc1ccc(OC)cc1)NC(=O)C(CC(C)C)CP(=O)(O)Cc1ccc(CC(C)C)cc1. The Morgan fingerprint density at radius 2 is 1.41 bits per heavy atom. The van der Waals surface area contributed by atoms with Gasteiger partial charge in [-0.15, -0.1) is 0 Å². The third kappa shape index (κ3) is 10.7. The predicted octanol–water partition coefficient (Wildman–Crippen LogP) is 4.80. The molecule has 0 heterocycles. The second-order valence-electron chi connectivity index (χ2n) is 10.7. The van der Waals surface area contributed by atoms with Gasteiger partial charge in [-0.25, -0.2) is 0 Å². The van der Waals surface area contributed by atoms with Gasteiger partial charge in [-0.3, -0.25) is 14.2 Å². The fourth-order valence-electron chi connectivity index (χ4n) is 4.45. The van der Waals surface area contributed by atoms with Gasteiger partial charge in [0.05, 0.1) is 7.11 Å². The molecule has 0 aliphatic carbocycles. The molecular formula is C29H43N2O5P. The van der Waals surface area contributed by atoms with Gasteiger partial charge in [-0.05, 0) is 53.5 Å². The first-order chi connectivity index (χ1) is 17.4. The standard InChI is InChI=1S/C29H43N2O5P/c1-20(2)15-22-7-9-24(10-8-22)18-37(34,35)19-25(16-21(3)4)28(32)31-27(29(33)30-5)17-23-11-13-26(36-6)14-12-23/h7-14,20-21,25,27H,15-19H2,1-6H3,(H,30,33)(H,31,32)(H,34,35)/t25?,27-/m1/s1. The van der Waals surface area contributed by atoms with Crippen molar-refractivity contribution in [1.82, 2.24) is 10.6 Å². The Labute approximate surface area is 221 Å². The van der Waals surface area contributed by atoms with Gasteiger partial charge < -0.3 is 20.3 Å². The van der Waals surface area contributed by atoms with E-state index in [4.69, 9.17) is 4.74 Å². The van der Waals surface area contributed by atoms with E-state index in [9.17, 15) is 19.0 Å². The van der Waals surface area contributed by atoms with Crippen molar-refractivity contribution < 1.29 is 23.8 Å². The van der Waals surface area contributed by atoms with Crippen LogP contribution in [0.4, 0.5) is 0 Å². The second-order valence-corrected chi connectivity index (χ2v) is 13.0. The molecule has 3 N–H and O–H groups in total. The number of ether oxygens (including phenoxy) is 1. The van der Waals surface area contributed by atoms with Crippen LogP contribution in [0, 0.1) is 17.8 Å². The molecule has 0 bridgehead atoms. The van der Waals surface area contributed by atoms with Gasteiger partial charge >= 0.3 is 0 Å². The highest BCUT2D eigenvalue weighted by Gasteiger charge is 2.32. The van der Waals surface area contributed by atoms with Crippen molar-refractivity contribution in [3.63, 3.8) is 0 Å². The summed E-state index contributed by atoms with van der Waals surface area (Å²) in [6.07, 6.45) is 1.59. The maximum absolute atomic E-state index is 13.3. The van der Waals surface area contributed by atoms with E-state index in [2.05, 4.69) is 24.5 Å². The number of nitrogens with one attached hydrogen (secondary N) is 2. The topological polar surface area (TPSA) is 105 Å². The first-order valence-electron chi connectivity index (χ1n) is 13.0. The monoisotopic (exact) mass is 530 g/mol. The number of likely N-dealkylation sites (N-methyl/N-ethyl adjacent to an activating group) is 1. The lowest BCUT2D eigenvalue weighted by atomic mass is 9.97. The Balaban J connectivity index is 2.13. The van der Waals surface area contributed by atoms with Gasteiger partial charge in [0.2, 0.25) is 19.2 Å². The van der Waals surface area contributed by atoms with Crippen LogP contribution in [0.25, 0.3) is 0 Å². The summed E-state index contributed by atoms with van der Waals surface area (Å²) in [6.45, 7) is 8.26. The van der Waals surface area contributed by atoms with Crippen LogP contribution >= 0.6 is 7.37 Å². The van der Waals surface area contributed by atoms with Crippen molar-refractivity contribution in [2.75, 3.05) is 20.3 Å². The van der Waals surface area contributed by atoms with E-state index in [1.165, 1.54) is 12.6 Å². The summed E-state index contributed by atoms with van der Waals surface area (Å²) in [5, 5.41) is 5.46. The highest BCUT2D eigenvalue weighted by Crippen LogP contribution is 2.47. The van der Waals surface area contributed by atoms with Gasteiger partial charge in [0, 0.05) is 31.7 Å². The smallest absolute Gasteiger partial charge is 0.242 e. The number of hydrogen-bond donors (Lipinski definition) is 3. The number of carbonyl (C=O) groups excluding carboxylic acids is 2. The second kappa shape index (κ2) is 14.3. The van der Waals surface area contributed by atoms with Gasteiger partial charge in [-0.1, -0.05) is 64.1 Å². The van der Waals surface area contributed by atoms with Gasteiger partial charge in [0.1, 0.15) is 11.8 Å². The van der Waals surface area contributed by atoms with Gasteiger partial charge in [-0.2, -0.15) is 0 Å². The summed E-state index contributed by atoms with van der Waals surface area (Å²) >= 11 is 0. The molecule has 204 valence electrons. The molecule has 8 heteroatoms. The molecule has 0 aliphatic heterocycles. The lowest BCUT2D eigenvalue weighted by Crippen LogP contribution is -2.49. The highest BCUT2D eigenvalue weighted by atomic mass is 31.2. The average molecular weight is 531 g/mol. The van der Waals surface area contributed by atoms with Crippen LogP contribution in [0.1, 0.15) is 50.8 Å². The van der Waals surface area contributed by atoms with Crippen LogP contribution in [-0.2, 0) is 33.2 Å². The average Bonchev–Trinajstić information content (AvgIpc) is 2.83. The Hall–Kier alpha value is -2.63. The molecule has 0 fully saturated rings. The fraction of sp³-hybridized carbons (Fsp3) is 0.517. The summed E-state index contributed by atoms with van der Waals surface area (Å²) in [7, 11) is -0.542. The Kier molecular flexibility index (Phi) is 11.9. The summed E-state index contributed by atoms with van der Waals surface area (Å²) in [4.78, 5) is 36.8. The van der Waals surface area contributed by atoms with Crippen molar-refractivity contribution in [2.45, 2.75) is 59.2 Å². The molecule has 2 unspecified atom stereocenters. The molecule has 0 spiro atoms. The van der Waals surface area contributed by atoms with Crippen LogP contribution in [0.2, 0.25) is 0 Å². The number of carbonyl (C=O) groups is 2. The lowest BCUT2D eigenvalue weighted by molar-refractivity contribution is -0.130. The minimum atomic E-state index is -3.65. The molecule has 2 amide bonds. The van der Waals surface area contributed by atoms with Crippen molar-refractivity contribution in [2.24, 2.45) is 17.8 Å². The third-order valence-electron chi connectivity index (χ3n) is 6.21. The molecule has 2 rings (SSSR count). The van der Waals surface area contributed by atoms with Crippen molar-refractivity contribution in [3.8, 4) is 5.75 Å². The third-order valence-corrected chi connectivity index (χ3v) is 8.08. The predicted molar refractivity (Wildman–Crippen MR) is 149 cm³/mol. The normalized spacial score (nSPS) is 14.6. The molecule has 37 heavy (non-hydrogen) atoms. The summed E-state index contributed by atoms with van der Waals surface area (Å²) in [6, 6.07) is 14.3. The molecule has 0 radical (unpaired) electrons. The number of methoxy groups -OCH3 is 1. The zero-order valence-corrected chi connectivity index (χ0v) is 23.9. The number of amides is 2. The Bertz CT molecular complexity index is 1050. The zero-order valence-electron chi connectivity index (χ0n) is 23.0. The first kappa shape index (κ1) is 30.6. The number of hydrogen-bond acceptors (Lipinski definition) is 4. The summed E-state index contributed by atoms with van der Waals surface area (Å²) < 4.78 is 18.4. The first-order valence-corrected chi connectivity index (χ1v) is 15.0. The molecule has 0 aromatic heterocycles. The highest BCUT2D eigenvalue weighted by molar-refractivity contribution is 7.57. The molecule has 7 nitrogen and oxygen atoms in total. The van der Waals surface area contributed by atoms with Crippen molar-refractivity contribution >= 4 is 19.2 Å². The summed E-state index contributed by atoms with van der Waals surface area (Å²) in [5.74, 6) is 0.00615.